The van der Waals surface area contributed by atoms with Crippen molar-refractivity contribution in [1.82, 2.24) is 9.55 Å². The van der Waals surface area contributed by atoms with Gasteiger partial charge in [-0.25, -0.2) is 14.2 Å². The predicted octanol–water partition coefficient (Wildman–Crippen LogP) is 4.17. The summed E-state index contributed by atoms with van der Waals surface area (Å²) in [7, 11) is 1.80. The highest BCUT2D eigenvalue weighted by molar-refractivity contribution is 6.29. The first-order valence-electron chi connectivity index (χ1n) is 7.35. The highest BCUT2D eigenvalue weighted by atomic mass is 35.5. The maximum Gasteiger partial charge on any atom is 0.412 e. The van der Waals surface area contributed by atoms with Gasteiger partial charge in [0.2, 0.25) is 0 Å². The summed E-state index contributed by atoms with van der Waals surface area (Å²) in [5.41, 5.74) is 0.00200. The average Bonchev–Trinajstić information content (AvgIpc) is 2.78. The lowest BCUT2D eigenvalue weighted by Crippen LogP contribution is -2.27. The molecule has 2 rings (SSSR count). The number of ether oxygens (including phenoxy) is 1. The van der Waals surface area contributed by atoms with Crippen molar-refractivity contribution in [2.24, 2.45) is 7.05 Å². The number of amides is 1. The second-order valence-corrected chi connectivity index (χ2v) is 6.62. The maximum absolute atomic E-state index is 13.9. The minimum atomic E-state index is -0.713. The zero-order chi connectivity index (χ0) is 17.9. The molecule has 0 aliphatic carbocycles. The van der Waals surface area contributed by atoms with Gasteiger partial charge in [0, 0.05) is 12.7 Å². The Morgan fingerprint density at radius 2 is 2.12 bits per heavy atom. The van der Waals surface area contributed by atoms with Crippen LogP contribution in [0.25, 0.3) is 0 Å². The van der Waals surface area contributed by atoms with Crippen LogP contribution in [0.2, 0.25) is 5.15 Å². The van der Waals surface area contributed by atoms with Crippen LogP contribution in [-0.2, 0) is 18.3 Å². The quantitative estimate of drug-likeness (QED) is 0.864. The molecule has 24 heavy (non-hydrogen) atoms. The third kappa shape index (κ3) is 4.86. The number of rotatable bonds is 4. The van der Waals surface area contributed by atoms with Crippen LogP contribution in [0.3, 0.4) is 0 Å². The van der Waals surface area contributed by atoms with Gasteiger partial charge in [-0.2, -0.15) is 0 Å². The Balaban J connectivity index is 2.05. The molecular weight excluding hydrogens is 335 g/mol. The second kappa shape index (κ2) is 7.09. The summed E-state index contributed by atoms with van der Waals surface area (Å²) in [6.07, 6.45) is 0.841. The zero-order valence-electron chi connectivity index (χ0n) is 14.0. The van der Waals surface area contributed by atoms with Crippen molar-refractivity contribution in [3.05, 3.63) is 41.2 Å². The third-order valence-electron chi connectivity index (χ3n) is 3.08. The van der Waals surface area contributed by atoms with Gasteiger partial charge in [0.05, 0.1) is 18.4 Å². The Hall–Kier alpha value is -2.28. The molecule has 0 atom stereocenters. The van der Waals surface area contributed by atoms with Gasteiger partial charge in [0.25, 0.3) is 0 Å². The van der Waals surface area contributed by atoms with Crippen molar-refractivity contribution in [3.8, 4) is 0 Å². The van der Waals surface area contributed by atoms with E-state index in [9.17, 15) is 9.18 Å². The van der Waals surface area contributed by atoms with Crippen molar-refractivity contribution in [3.63, 3.8) is 0 Å². The van der Waals surface area contributed by atoms with Crippen LogP contribution >= 0.6 is 11.6 Å². The minimum Gasteiger partial charge on any atom is -0.444 e. The lowest BCUT2D eigenvalue weighted by atomic mass is 10.2. The molecule has 0 saturated carbocycles. The first-order valence-corrected chi connectivity index (χ1v) is 7.73. The molecular formula is C16H20ClFN4O2. The summed E-state index contributed by atoms with van der Waals surface area (Å²) < 4.78 is 20.7. The molecule has 1 amide bonds. The molecule has 8 heteroatoms. The predicted molar refractivity (Wildman–Crippen MR) is 91.8 cm³/mol. The van der Waals surface area contributed by atoms with Crippen molar-refractivity contribution in [2.45, 2.75) is 32.9 Å². The van der Waals surface area contributed by atoms with E-state index in [-0.39, 0.29) is 5.69 Å². The first-order chi connectivity index (χ1) is 11.2. The number of hydrogen-bond acceptors (Lipinski definition) is 4. The fraction of sp³-hybridized carbons (Fsp3) is 0.375. The molecule has 1 aromatic carbocycles. The molecule has 1 heterocycles. The number of carbonyl (C=O) groups excluding carboxylic acids is 1. The number of hydrogen-bond donors (Lipinski definition) is 2. The summed E-state index contributed by atoms with van der Waals surface area (Å²) in [4.78, 5) is 15.9. The van der Waals surface area contributed by atoms with E-state index in [0.717, 1.165) is 5.82 Å². The number of benzene rings is 1. The number of anilines is 2. The van der Waals surface area contributed by atoms with Gasteiger partial charge < -0.3 is 14.6 Å². The van der Waals surface area contributed by atoms with E-state index in [4.69, 9.17) is 16.3 Å². The number of nitrogens with one attached hydrogen (secondary N) is 2. The molecule has 0 aliphatic rings. The lowest BCUT2D eigenvalue weighted by Gasteiger charge is -2.20. The van der Waals surface area contributed by atoms with E-state index in [0.29, 0.717) is 17.4 Å². The molecule has 0 aliphatic heterocycles. The van der Waals surface area contributed by atoms with Crippen molar-refractivity contribution in [2.75, 3.05) is 10.6 Å². The zero-order valence-corrected chi connectivity index (χ0v) is 14.7. The van der Waals surface area contributed by atoms with Crippen LogP contribution in [0.1, 0.15) is 26.6 Å². The molecule has 0 radical (unpaired) electrons. The van der Waals surface area contributed by atoms with Crippen LogP contribution in [-0.4, -0.2) is 21.2 Å². The van der Waals surface area contributed by atoms with Crippen LogP contribution in [0, 0.1) is 5.82 Å². The third-order valence-corrected chi connectivity index (χ3v) is 3.43. The second-order valence-electron chi connectivity index (χ2n) is 6.23. The van der Waals surface area contributed by atoms with E-state index in [2.05, 4.69) is 15.6 Å². The van der Waals surface area contributed by atoms with Gasteiger partial charge in [-0.3, -0.25) is 5.32 Å². The van der Waals surface area contributed by atoms with Crippen molar-refractivity contribution >= 4 is 29.1 Å². The highest BCUT2D eigenvalue weighted by Gasteiger charge is 2.17. The smallest absolute Gasteiger partial charge is 0.412 e. The summed E-state index contributed by atoms with van der Waals surface area (Å²) in [6, 6.07) is 4.32. The largest absolute Gasteiger partial charge is 0.444 e. The van der Waals surface area contributed by atoms with Crippen LogP contribution < -0.4 is 10.6 Å². The number of imidazole rings is 1. The van der Waals surface area contributed by atoms with Gasteiger partial charge in [-0.15, -0.1) is 0 Å². The Labute approximate surface area is 145 Å². The fourth-order valence-electron chi connectivity index (χ4n) is 1.91. The molecule has 1 aromatic heterocycles. The maximum atomic E-state index is 13.9. The van der Waals surface area contributed by atoms with Gasteiger partial charge in [-0.1, -0.05) is 11.6 Å². The minimum absolute atomic E-state index is 0.0344. The Bertz CT molecular complexity index is 740. The Morgan fingerprint density at radius 3 is 2.71 bits per heavy atom. The highest BCUT2D eigenvalue weighted by Crippen LogP contribution is 2.21. The van der Waals surface area contributed by atoms with Crippen molar-refractivity contribution in [1.29, 1.82) is 0 Å². The molecule has 2 aromatic rings. The summed E-state index contributed by atoms with van der Waals surface area (Å²) in [5, 5.41) is 6.03. The van der Waals surface area contributed by atoms with Crippen LogP contribution in [0.4, 0.5) is 20.6 Å². The number of aromatic nitrogens is 2. The van der Waals surface area contributed by atoms with E-state index in [1.165, 1.54) is 12.1 Å². The molecule has 0 bridgehead atoms. The number of nitrogens with zero attached hydrogens (tertiary/aromatic N) is 2. The van der Waals surface area contributed by atoms with Crippen LogP contribution in [0.5, 0.6) is 0 Å². The van der Waals surface area contributed by atoms with Crippen LogP contribution in [0.15, 0.2) is 24.4 Å². The number of carbonyl (C=O) groups is 1. The lowest BCUT2D eigenvalue weighted by molar-refractivity contribution is 0.0635. The number of halogens is 2. The first kappa shape index (κ1) is 18.1. The SMILES string of the molecule is Cn1c(Cl)cnc1CNc1ccc(F)c(NC(=O)OC(C)(C)C)c1. The average molecular weight is 355 g/mol. The molecule has 0 fully saturated rings. The molecule has 130 valence electrons. The van der Waals surface area contributed by atoms with E-state index in [1.54, 1.807) is 44.6 Å². The van der Waals surface area contributed by atoms with E-state index < -0.39 is 17.5 Å². The topological polar surface area (TPSA) is 68.2 Å². The van der Waals surface area contributed by atoms with Gasteiger partial charge in [-0.05, 0) is 39.0 Å². The van der Waals surface area contributed by atoms with Crippen molar-refractivity contribution < 1.29 is 13.9 Å². The fourth-order valence-corrected chi connectivity index (χ4v) is 2.06. The summed E-state index contributed by atoms with van der Waals surface area (Å²) in [5.74, 6) is 0.178. The van der Waals surface area contributed by atoms with Gasteiger partial charge in [0.15, 0.2) is 0 Å². The molecule has 0 unspecified atom stereocenters. The monoisotopic (exact) mass is 354 g/mol. The standard InChI is InChI=1S/C16H20ClFN4O2/c1-16(2,3)24-15(23)21-12-7-10(5-6-11(12)18)19-9-14-20-8-13(17)22(14)4/h5-8,19H,9H2,1-4H3,(H,21,23). The Morgan fingerprint density at radius 1 is 1.42 bits per heavy atom. The Kier molecular flexibility index (Phi) is 5.33. The molecule has 0 saturated heterocycles. The molecule has 0 spiro atoms. The van der Waals surface area contributed by atoms with Gasteiger partial charge in [0.1, 0.15) is 22.4 Å². The summed E-state index contributed by atoms with van der Waals surface area (Å²) >= 11 is 5.93. The molecule has 6 nitrogen and oxygen atoms in total. The summed E-state index contributed by atoms with van der Waals surface area (Å²) in [6.45, 7) is 5.61. The normalized spacial score (nSPS) is 11.2. The molecule has 2 N–H and O–H groups in total. The van der Waals surface area contributed by atoms with Gasteiger partial charge >= 0.3 is 6.09 Å². The van der Waals surface area contributed by atoms with E-state index >= 15 is 0 Å². The van der Waals surface area contributed by atoms with E-state index in [1.807, 2.05) is 0 Å².